The van der Waals surface area contributed by atoms with Gasteiger partial charge in [-0.25, -0.2) is 0 Å². The monoisotopic (exact) mass is 203 g/mol. The van der Waals surface area contributed by atoms with Crippen molar-refractivity contribution in [2.24, 2.45) is 0 Å². The SMILES string of the molecule is c1cc(C2CCCN2)c2ccsc2c1. The van der Waals surface area contributed by atoms with Crippen molar-refractivity contribution in [1.29, 1.82) is 0 Å². The lowest BCUT2D eigenvalue weighted by Gasteiger charge is -2.11. The van der Waals surface area contributed by atoms with Gasteiger partial charge in [0.05, 0.1) is 0 Å². The maximum Gasteiger partial charge on any atom is 0.0346 e. The van der Waals surface area contributed by atoms with Gasteiger partial charge < -0.3 is 5.32 Å². The largest absolute Gasteiger partial charge is 0.310 e. The van der Waals surface area contributed by atoms with E-state index in [-0.39, 0.29) is 0 Å². The zero-order valence-electron chi connectivity index (χ0n) is 7.99. The Morgan fingerprint density at radius 2 is 2.29 bits per heavy atom. The number of nitrogens with one attached hydrogen (secondary N) is 1. The van der Waals surface area contributed by atoms with Crippen LogP contribution in [0.2, 0.25) is 0 Å². The van der Waals surface area contributed by atoms with E-state index in [0.29, 0.717) is 6.04 Å². The predicted octanol–water partition coefficient (Wildman–Crippen LogP) is 3.33. The first-order valence-corrected chi connectivity index (χ1v) is 6.02. The molecule has 1 saturated heterocycles. The maximum atomic E-state index is 3.56. The van der Waals surface area contributed by atoms with Crippen molar-refractivity contribution >= 4 is 21.4 Å². The fraction of sp³-hybridized carbons (Fsp3) is 0.333. The molecule has 0 bridgehead atoms. The van der Waals surface area contributed by atoms with Crippen molar-refractivity contribution in [3.05, 3.63) is 35.2 Å². The molecule has 14 heavy (non-hydrogen) atoms. The van der Waals surface area contributed by atoms with E-state index in [1.54, 1.807) is 0 Å². The molecule has 1 unspecified atom stereocenters. The maximum absolute atomic E-state index is 3.56. The van der Waals surface area contributed by atoms with Crippen LogP contribution in [-0.2, 0) is 0 Å². The fourth-order valence-corrected chi connectivity index (χ4v) is 3.09. The van der Waals surface area contributed by atoms with Crippen LogP contribution in [0.1, 0.15) is 24.4 Å². The van der Waals surface area contributed by atoms with E-state index in [9.17, 15) is 0 Å². The molecule has 72 valence electrons. The Balaban J connectivity index is 2.14. The minimum Gasteiger partial charge on any atom is -0.310 e. The number of hydrogen-bond acceptors (Lipinski definition) is 2. The molecule has 1 atom stereocenters. The zero-order chi connectivity index (χ0) is 9.38. The highest BCUT2D eigenvalue weighted by atomic mass is 32.1. The summed E-state index contributed by atoms with van der Waals surface area (Å²) in [5.41, 5.74) is 1.49. The average molecular weight is 203 g/mol. The highest BCUT2D eigenvalue weighted by Crippen LogP contribution is 2.31. The molecule has 0 amide bonds. The second kappa shape index (κ2) is 3.37. The molecule has 1 fully saturated rings. The molecule has 0 saturated carbocycles. The van der Waals surface area contributed by atoms with Crippen molar-refractivity contribution in [3.8, 4) is 0 Å². The second-order valence-electron chi connectivity index (χ2n) is 3.83. The molecule has 2 heterocycles. The van der Waals surface area contributed by atoms with Gasteiger partial charge in [-0.05, 0) is 47.8 Å². The molecule has 1 aliphatic heterocycles. The summed E-state index contributed by atoms with van der Waals surface area (Å²) < 4.78 is 1.41. The van der Waals surface area contributed by atoms with E-state index in [1.807, 2.05) is 11.3 Å². The smallest absolute Gasteiger partial charge is 0.0346 e. The summed E-state index contributed by atoms with van der Waals surface area (Å²) in [5.74, 6) is 0. The van der Waals surface area contributed by atoms with Gasteiger partial charge in [-0.2, -0.15) is 0 Å². The molecule has 1 aliphatic rings. The van der Waals surface area contributed by atoms with Crippen LogP contribution in [0.3, 0.4) is 0 Å². The first-order chi connectivity index (χ1) is 6.95. The molecule has 3 rings (SSSR count). The molecular formula is C12H13NS. The Labute approximate surface area is 87.8 Å². The number of hydrogen-bond donors (Lipinski definition) is 1. The van der Waals surface area contributed by atoms with E-state index in [0.717, 1.165) is 0 Å². The highest BCUT2D eigenvalue weighted by molar-refractivity contribution is 7.17. The minimum atomic E-state index is 0.591. The lowest BCUT2D eigenvalue weighted by atomic mass is 10.0. The van der Waals surface area contributed by atoms with Crippen LogP contribution in [-0.4, -0.2) is 6.54 Å². The van der Waals surface area contributed by atoms with Crippen molar-refractivity contribution in [2.45, 2.75) is 18.9 Å². The van der Waals surface area contributed by atoms with Gasteiger partial charge in [0.15, 0.2) is 0 Å². The van der Waals surface area contributed by atoms with Crippen LogP contribution in [0.5, 0.6) is 0 Å². The standard InChI is InChI=1S/C12H13NS/c1-3-9(11-4-2-7-13-11)10-6-8-14-12(10)5-1/h1,3,5-6,8,11,13H,2,4,7H2. The van der Waals surface area contributed by atoms with Crippen molar-refractivity contribution in [2.75, 3.05) is 6.54 Å². The van der Waals surface area contributed by atoms with Gasteiger partial charge in [-0.15, -0.1) is 11.3 Å². The third-order valence-electron chi connectivity index (χ3n) is 2.97. The minimum absolute atomic E-state index is 0.591. The van der Waals surface area contributed by atoms with Gasteiger partial charge in [0.1, 0.15) is 0 Å². The van der Waals surface area contributed by atoms with Gasteiger partial charge in [0.2, 0.25) is 0 Å². The van der Waals surface area contributed by atoms with Crippen molar-refractivity contribution in [1.82, 2.24) is 5.32 Å². The Hall–Kier alpha value is -0.860. The molecule has 2 aromatic rings. The fourth-order valence-electron chi connectivity index (χ4n) is 2.27. The molecule has 1 aromatic carbocycles. The molecule has 2 heteroatoms. The van der Waals surface area contributed by atoms with E-state index in [2.05, 4.69) is 35.0 Å². The van der Waals surface area contributed by atoms with Gasteiger partial charge in [-0.3, -0.25) is 0 Å². The molecular weight excluding hydrogens is 190 g/mol. The Kier molecular flexibility index (Phi) is 2.03. The summed E-state index contributed by atoms with van der Waals surface area (Å²) in [6.07, 6.45) is 2.60. The number of rotatable bonds is 1. The average Bonchev–Trinajstić information content (AvgIpc) is 2.88. The predicted molar refractivity (Wildman–Crippen MR) is 61.8 cm³/mol. The first-order valence-electron chi connectivity index (χ1n) is 5.15. The van der Waals surface area contributed by atoms with Gasteiger partial charge in [0.25, 0.3) is 0 Å². The Bertz CT molecular complexity index is 440. The van der Waals surface area contributed by atoms with Gasteiger partial charge >= 0.3 is 0 Å². The summed E-state index contributed by atoms with van der Waals surface area (Å²) in [5, 5.41) is 7.18. The highest BCUT2D eigenvalue weighted by Gasteiger charge is 2.17. The van der Waals surface area contributed by atoms with Gasteiger partial charge in [0, 0.05) is 10.7 Å². The van der Waals surface area contributed by atoms with Gasteiger partial charge in [-0.1, -0.05) is 12.1 Å². The number of thiophene rings is 1. The summed E-state index contributed by atoms with van der Waals surface area (Å²) >= 11 is 1.83. The van der Waals surface area contributed by atoms with E-state index >= 15 is 0 Å². The Morgan fingerprint density at radius 3 is 3.14 bits per heavy atom. The second-order valence-corrected chi connectivity index (χ2v) is 4.78. The molecule has 1 aromatic heterocycles. The lowest BCUT2D eigenvalue weighted by molar-refractivity contribution is 0.653. The van der Waals surface area contributed by atoms with Crippen LogP contribution in [0.15, 0.2) is 29.6 Å². The van der Waals surface area contributed by atoms with E-state index < -0.39 is 0 Å². The topological polar surface area (TPSA) is 12.0 Å². The molecule has 0 spiro atoms. The zero-order valence-corrected chi connectivity index (χ0v) is 8.81. The van der Waals surface area contributed by atoms with Crippen LogP contribution >= 0.6 is 11.3 Å². The third kappa shape index (κ3) is 1.26. The van der Waals surface area contributed by atoms with Crippen molar-refractivity contribution in [3.63, 3.8) is 0 Å². The summed E-state index contributed by atoms with van der Waals surface area (Å²) in [4.78, 5) is 0. The molecule has 1 nitrogen and oxygen atoms in total. The quantitative estimate of drug-likeness (QED) is 0.749. The summed E-state index contributed by atoms with van der Waals surface area (Å²) in [6, 6.07) is 9.48. The summed E-state index contributed by atoms with van der Waals surface area (Å²) in [7, 11) is 0. The molecule has 0 radical (unpaired) electrons. The van der Waals surface area contributed by atoms with E-state index in [1.165, 1.54) is 35.0 Å². The normalized spacial score (nSPS) is 21.9. The number of benzene rings is 1. The first kappa shape index (κ1) is 8.45. The summed E-state index contributed by atoms with van der Waals surface area (Å²) in [6.45, 7) is 1.17. The number of fused-ring (bicyclic) bond motifs is 1. The molecule has 0 aliphatic carbocycles. The third-order valence-corrected chi connectivity index (χ3v) is 3.85. The van der Waals surface area contributed by atoms with Crippen LogP contribution in [0.25, 0.3) is 10.1 Å². The lowest BCUT2D eigenvalue weighted by Crippen LogP contribution is -2.12. The van der Waals surface area contributed by atoms with E-state index in [4.69, 9.17) is 0 Å². The Morgan fingerprint density at radius 1 is 1.29 bits per heavy atom. The molecule has 1 N–H and O–H groups in total. The van der Waals surface area contributed by atoms with Crippen LogP contribution in [0, 0.1) is 0 Å². The van der Waals surface area contributed by atoms with Crippen LogP contribution < -0.4 is 5.32 Å². The van der Waals surface area contributed by atoms with Crippen LogP contribution in [0.4, 0.5) is 0 Å². The van der Waals surface area contributed by atoms with Crippen molar-refractivity contribution < 1.29 is 0 Å².